The Labute approximate surface area is 293 Å². The highest BCUT2D eigenvalue weighted by atomic mass is 32.2. The third-order valence-electron chi connectivity index (χ3n) is 11.9. The minimum atomic E-state index is -3.37. The van der Waals surface area contributed by atoms with Crippen LogP contribution in [0.2, 0.25) is 0 Å². The average Bonchev–Trinajstić information content (AvgIpc) is 3.38. The van der Waals surface area contributed by atoms with Crippen molar-refractivity contribution in [1.29, 1.82) is 0 Å². The van der Waals surface area contributed by atoms with Crippen molar-refractivity contribution in [2.75, 3.05) is 25.4 Å². The van der Waals surface area contributed by atoms with Gasteiger partial charge in [-0.2, -0.15) is 4.31 Å². The molecule has 2 aliphatic heterocycles. The van der Waals surface area contributed by atoms with Gasteiger partial charge < -0.3 is 15.5 Å². The molecule has 2 heterocycles. The quantitative estimate of drug-likeness (QED) is 0.253. The molecule has 0 aromatic rings. The molecular weight excluding hydrogens is 644 g/mol. The van der Waals surface area contributed by atoms with Crippen molar-refractivity contribution < 1.29 is 32.4 Å². The molecule has 49 heavy (non-hydrogen) atoms. The predicted octanol–water partition coefficient (Wildman–Crippen LogP) is 4.48. The molecule has 3 aliphatic carbocycles. The van der Waals surface area contributed by atoms with Gasteiger partial charge in [0.2, 0.25) is 21.7 Å². The first-order valence-electron chi connectivity index (χ1n) is 18.8. The van der Waals surface area contributed by atoms with E-state index in [2.05, 4.69) is 10.6 Å². The van der Waals surface area contributed by atoms with E-state index >= 15 is 0 Å². The number of hydrogen-bond donors (Lipinski definition) is 2. The van der Waals surface area contributed by atoms with Gasteiger partial charge in [-0.3, -0.25) is 19.2 Å². The maximum Gasteiger partial charge on any atom is 0.315 e. The molecule has 3 amide bonds. The van der Waals surface area contributed by atoms with E-state index in [0.717, 1.165) is 51.4 Å². The van der Waals surface area contributed by atoms with Crippen molar-refractivity contribution in [3.8, 4) is 0 Å². The first-order chi connectivity index (χ1) is 22.8. The third kappa shape index (κ3) is 9.13. The number of carbonyl (C=O) groups excluding carboxylic acids is 5. The molecule has 0 spiro atoms. The molecule has 5 aliphatic rings. The number of amides is 3. The second kappa shape index (κ2) is 14.7. The Kier molecular flexibility index (Phi) is 11.4. The SMILES string of the molecule is CC(C)(C)[C@H](NC(=O)N[C@H](CN1CCCS1(=O)=O)C(C)(C)C)C(=O)N1C[C@@H]2CCC[C@@H]2[C@H]1C(=O)CC(CC1CCC1)C(=O)C(=O)CC1CC1. The van der Waals surface area contributed by atoms with Crippen molar-refractivity contribution >= 4 is 39.3 Å². The van der Waals surface area contributed by atoms with Gasteiger partial charge in [-0.05, 0) is 73.0 Å². The number of nitrogens with one attached hydrogen (secondary N) is 2. The molecule has 12 heteroatoms. The van der Waals surface area contributed by atoms with E-state index in [9.17, 15) is 32.4 Å². The van der Waals surface area contributed by atoms with Crippen LogP contribution in [0.15, 0.2) is 0 Å². The summed E-state index contributed by atoms with van der Waals surface area (Å²) in [6.45, 7) is 12.4. The maximum atomic E-state index is 14.5. The standard InChI is InChI=1S/C37H60N4O7S/c1-36(2,3)30(22-40-16-9-17-49(40,47)48)38-35(46)39-33(37(4,5)6)34(45)41-21-25-12-8-13-27(25)31(41)28(42)20-26(18-23-10-7-11-23)32(44)29(43)19-24-14-15-24/h23-27,30-31,33H,7-22H2,1-6H3,(H2,38,39,46)/t25-,26?,27-,30+,31-,33+/m0/s1. The van der Waals surface area contributed by atoms with Crippen LogP contribution in [0.4, 0.5) is 4.79 Å². The number of urea groups is 1. The van der Waals surface area contributed by atoms with Crippen LogP contribution in [0.3, 0.4) is 0 Å². The zero-order valence-electron chi connectivity index (χ0n) is 30.6. The highest BCUT2D eigenvalue weighted by molar-refractivity contribution is 7.89. The lowest BCUT2D eigenvalue weighted by Gasteiger charge is -2.38. The van der Waals surface area contributed by atoms with Crippen LogP contribution >= 0.6 is 0 Å². The number of Topliss-reactive ketones (excluding diaryl/α,β-unsaturated/α-hetero) is 3. The van der Waals surface area contributed by atoms with E-state index < -0.39 is 56.7 Å². The molecule has 2 saturated heterocycles. The summed E-state index contributed by atoms with van der Waals surface area (Å²) in [6.07, 6.45) is 9.17. The fourth-order valence-corrected chi connectivity index (χ4v) is 9.95. The summed E-state index contributed by atoms with van der Waals surface area (Å²) in [4.78, 5) is 70.6. The topological polar surface area (TPSA) is 150 Å². The lowest BCUT2D eigenvalue weighted by Crippen LogP contribution is -2.61. The van der Waals surface area contributed by atoms with E-state index in [1.54, 1.807) is 4.90 Å². The van der Waals surface area contributed by atoms with E-state index in [-0.39, 0.29) is 54.4 Å². The third-order valence-corrected chi connectivity index (χ3v) is 13.9. The molecule has 11 nitrogen and oxygen atoms in total. The van der Waals surface area contributed by atoms with Crippen molar-refractivity contribution in [2.45, 2.75) is 137 Å². The number of rotatable bonds is 14. The lowest BCUT2D eigenvalue weighted by molar-refractivity contribution is -0.144. The summed E-state index contributed by atoms with van der Waals surface area (Å²) in [7, 11) is -3.37. The van der Waals surface area contributed by atoms with Gasteiger partial charge in [-0.15, -0.1) is 0 Å². The highest BCUT2D eigenvalue weighted by Crippen LogP contribution is 2.45. The van der Waals surface area contributed by atoms with Crippen molar-refractivity contribution in [1.82, 2.24) is 19.8 Å². The second-order valence-corrected chi connectivity index (χ2v) is 20.1. The highest BCUT2D eigenvalue weighted by Gasteiger charge is 2.52. The van der Waals surface area contributed by atoms with Gasteiger partial charge in [0.25, 0.3) is 0 Å². The number of nitrogens with zero attached hydrogens (tertiary/aromatic N) is 2. The van der Waals surface area contributed by atoms with Gasteiger partial charge in [0.05, 0.1) is 11.8 Å². The Hall–Kier alpha value is -2.34. The van der Waals surface area contributed by atoms with Crippen LogP contribution in [0.25, 0.3) is 0 Å². The van der Waals surface area contributed by atoms with Crippen LogP contribution in [0.1, 0.15) is 119 Å². The molecule has 5 fully saturated rings. The van der Waals surface area contributed by atoms with Crippen LogP contribution in [-0.4, -0.2) is 90.4 Å². The molecule has 276 valence electrons. The molecule has 0 radical (unpaired) electrons. The van der Waals surface area contributed by atoms with Crippen LogP contribution < -0.4 is 10.6 Å². The Bertz CT molecular complexity index is 1390. The number of likely N-dealkylation sites (tertiary alicyclic amines) is 1. The van der Waals surface area contributed by atoms with Gasteiger partial charge in [-0.1, -0.05) is 67.2 Å². The maximum absolute atomic E-state index is 14.5. The van der Waals surface area contributed by atoms with E-state index in [4.69, 9.17) is 0 Å². The first kappa shape index (κ1) is 37.9. The molecular formula is C37H60N4O7S. The largest absolute Gasteiger partial charge is 0.334 e. The number of hydrogen-bond acceptors (Lipinski definition) is 7. The second-order valence-electron chi connectivity index (χ2n) is 18.0. The molecule has 5 rings (SSSR count). The van der Waals surface area contributed by atoms with Crippen LogP contribution in [-0.2, 0) is 29.2 Å². The zero-order chi connectivity index (χ0) is 35.9. The van der Waals surface area contributed by atoms with E-state index in [1.807, 2.05) is 41.5 Å². The molecule has 3 saturated carbocycles. The summed E-state index contributed by atoms with van der Waals surface area (Å²) in [5.74, 6) is -0.941. The van der Waals surface area contributed by atoms with Crippen molar-refractivity contribution in [3.05, 3.63) is 0 Å². The Morgan fingerprint density at radius 3 is 2.04 bits per heavy atom. The number of fused-ring (bicyclic) bond motifs is 1. The predicted molar refractivity (Wildman–Crippen MR) is 187 cm³/mol. The summed E-state index contributed by atoms with van der Waals surface area (Å²) in [6, 6.07) is -2.71. The molecule has 0 aromatic carbocycles. The monoisotopic (exact) mass is 704 g/mol. The molecule has 0 aromatic heterocycles. The van der Waals surface area contributed by atoms with E-state index in [1.165, 1.54) is 4.31 Å². The summed E-state index contributed by atoms with van der Waals surface area (Å²) in [5.41, 5.74) is -1.17. The zero-order valence-corrected chi connectivity index (χ0v) is 31.4. The van der Waals surface area contributed by atoms with E-state index in [0.29, 0.717) is 37.8 Å². The average molecular weight is 705 g/mol. The van der Waals surface area contributed by atoms with Gasteiger partial charge in [0.1, 0.15) is 6.04 Å². The Balaban J connectivity index is 1.32. The van der Waals surface area contributed by atoms with Crippen LogP contribution in [0.5, 0.6) is 0 Å². The molecule has 2 N–H and O–H groups in total. The fourth-order valence-electron chi connectivity index (χ4n) is 8.42. The minimum absolute atomic E-state index is 0.000182. The summed E-state index contributed by atoms with van der Waals surface area (Å²) >= 11 is 0. The summed E-state index contributed by atoms with van der Waals surface area (Å²) in [5, 5.41) is 5.90. The Morgan fingerprint density at radius 1 is 0.816 bits per heavy atom. The Morgan fingerprint density at radius 2 is 1.49 bits per heavy atom. The first-order valence-corrected chi connectivity index (χ1v) is 20.4. The van der Waals surface area contributed by atoms with Crippen molar-refractivity contribution in [3.63, 3.8) is 0 Å². The molecule has 6 atom stereocenters. The van der Waals surface area contributed by atoms with Gasteiger partial charge in [0.15, 0.2) is 11.6 Å². The number of carbonyl (C=O) groups is 5. The normalized spacial score (nSPS) is 27.6. The van der Waals surface area contributed by atoms with Gasteiger partial charge in [-0.25, -0.2) is 13.2 Å². The number of ketones is 3. The number of sulfonamides is 1. The molecule has 0 bridgehead atoms. The van der Waals surface area contributed by atoms with Crippen molar-refractivity contribution in [2.24, 2.45) is 40.4 Å². The smallest absolute Gasteiger partial charge is 0.315 e. The summed E-state index contributed by atoms with van der Waals surface area (Å²) < 4.78 is 26.6. The molecule has 1 unspecified atom stereocenters. The van der Waals surface area contributed by atoms with Crippen LogP contribution in [0, 0.1) is 40.4 Å². The lowest BCUT2D eigenvalue weighted by atomic mass is 9.75. The minimum Gasteiger partial charge on any atom is -0.334 e. The fraction of sp³-hybridized carbons (Fsp3) is 0.865. The van der Waals surface area contributed by atoms with Gasteiger partial charge in [0, 0.05) is 44.4 Å². The van der Waals surface area contributed by atoms with Gasteiger partial charge >= 0.3 is 6.03 Å².